The van der Waals surface area contributed by atoms with Crippen molar-refractivity contribution in [1.29, 1.82) is 0 Å². The first-order chi connectivity index (χ1) is 14.5. The maximum absolute atomic E-state index is 11.9. The molecule has 0 aliphatic carbocycles. The first-order valence-electron chi connectivity index (χ1n) is 10.9. The zero-order chi connectivity index (χ0) is 21.5. The van der Waals surface area contributed by atoms with Crippen LogP contribution in [0.25, 0.3) is 0 Å². The van der Waals surface area contributed by atoms with Crippen LogP contribution in [0, 0.1) is 12.8 Å². The number of carbonyl (C=O) groups is 1. The molecule has 3 heterocycles. The summed E-state index contributed by atoms with van der Waals surface area (Å²) in [6, 6.07) is 4.28. The van der Waals surface area contributed by atoms with Gasteiger partial charge in [0.15, 0.2) is 5.82 Å². The normalized spacial score (nSPS) is 14.9. The zero-order valence-electron chi connectivity index (χ0n) is 18.5. The van der Waals surface area contributed by atoms with Gasteiger partial charge in [0.05, 0.1) is 17.9 Å². The SMILES string of the molecule is CCOC(=O)c1ccc(NCCCC2CCN(c3nc(C(C)C)no3)CC2)nc1C. The number of hydrogen-bond donors (Lipinski definition) is 1. The maximum Gasteiger partial charge on any atom is 0.339 e. The Kier molecular flexibility index (Phi) is 7.65. The summed E-state index contributed by atoms with van der Waals surface area (Å²) >= 11 is 0. The summed E-state index contributed by atoms with van der Waals surface area (Å²) < 4.78 is 10.5. The van der Waals surface area contributed by atoms with Gasteiger partial charge in [0.2, 0.25) is 0 Å². The van der Waals surface area contributed by atoms with Gasteiger partial charge in [-0.05, 0) is 57.6 Å². The van der Waals surface area contributed by atoms with E-state index in [1.165, 1.54) is 6.42 Å². The third-order valence-electron chi connectivity index (χ3n) is 5.51. The lowest BCUT2D eigenvalue weighted by atomic mass is 9.92. The van der Waals surface area contributed by atoms with Gasteiger partial charge in [0.25, 0.3) is 0 Å². The lowest BCUT2D eigenvalue weighted by molar-refractivity contribution is 0.0525. The first-order valence-corrected chi connectivity index (χ1v) is 10.9. The van der Waals surface area contributed by atoms with Crippen molar-refractivity contribution in [3.05, 3.63) is 29.2 Å². The van der Waals surface area contributed by atoms with Crippen molar-refractivity contribution in [2.75, 3.05) is 36.5 Å². The lowest BCUT2D eigenvalue weighted by Gasteiger charge is -2.30. The second-order valence-corrected chi connectivity index (χ2v) is 8.14. The zero-order valence-corrected chi connectivity index (χ0v) is 18.5. The number of aryl methyl sites for hydroxylation is 1. The van der Waals surface area contributed by atoms with Crippen LogP contribution in [0.3, 0.4) is 0 Å². The number of rotatable bonds is 9. The second kappa shape index (κ2) is 10.4. The molecule has 8 nitrogen and oxygen atoms in total. The van der Waals surface area contributed by atoms with E-state index in [4.69, 9.17) is 9.26 Å². The number of aromatic nitrogens is 3. The molecular weight excluding hydrogens is 382 g/mol. The summed E-state index contributed by atoms with van der Waals surface area (Å²) in [5.41, 5.74) is 1.21. The first kappa shape index (κ1) is 22.1. The predicted molar refractivity (Wildman–Crippen MR) is 116 cm³/mol. The van der Waals surface area contributed by atoms with E-state index >= 15 is 0 Å². The van der Waals surface area contributed by atoms with E-state index in [9.17, 15) is 4.79 Å². The van der Waals surface area contributed by atoms with Gasteiger partial charge in [0, 0.05) is 25.6 Å². The van der Waals surface area contributed by atoms with Crippen molar-refractivity contribution < 1.29 is 14.1 Å². The van der Waals surface area contributed by atoms with Gasteiger partial charge in [-0.25, -0.2) is 9.78 Å². The van der Waals surface area contributed by atoms with Crippen LogP contribution < -0.4 is 10.2 Å². The molecule has 164 valence electrons. The molecule has 0 radical (unpaired) electrons. The fraction of sp³-hybridized carbons (Fsp3) is 0.636. The molecule has 3 rings (SSSR count). The summed E-state index contributed by atoms with van der Waals surface area (Å²) in [7, 11) is 0. The van der Waals surface area contributed by atoms with Gasteiger partial charge in [0.1, 0.15) is 5.82 Å². The molecule has 2 aromatic heterocycles. The lowest BCUT2D eigenvalue weighted by Crippen LogP contribution is -2.34. The van der Waals surface area contributed by atoms with E-state index in [2.05, 4.69) is 39.2 Å². The molecule has 0 spiro atoms. The van der Waals surface area contributed by atoms with Crippen molar-refractivity contribution in [2.45, 2.75) is 59.3 Å². The minimum absolute atomic E-state index is 0.284. The number of ether oxygens (including phenoxy) is 1. The quantitative estimate of drug-likeness (QED) is 0.481. The largest absolute Gasteiger partial charge is 0.462 e. The van der Waals surface area contributed by atoms with Crippen LogP contribution >= 0.6 is 0 Å². The van der Waals surface area contributed by atoms with Gasteiger partial charge in [-0.2, -0.15) is 4.98 Å². The Bertz CT molecular complexity index is 828. The Morgan fingerprint density at radius 3 is 2.70 bits per heavy atom. The van der Waals surface area contributed by atoms with Crippen LogP contribution in [-0.4, -0.2) is 47.3 Å². The van der Waals surface area contributed by atoms with Crippen molar-refractivity contribution >= 4 is 17.8 Å². The van der Waals surface area contributed by atoms with Crippen LogP contribution in [0.15, 0.2) is 16.7 Å². The summed E-state index contributed by atoms with van der Waals surface area (Å²) in [6.07, 6.45) is 4.56. The highest BCUT2D eigenvalue weighted by atomic mass is 16.5. The molecule has 0 aromatic carbocycles. The molecule has 1 aliphatic heterocycles. The number of esters is 1. The molecular formula is C22H33N5O3. The molecule has 1 N–H and O–H groups in total. The van der Waals surface area contributed by atoms with Gasteiger partial charge in [-0.3, -0.25) is 0 Å². The maximum atomic E-state index is 11.9. The van der Waals surface area contributed by atoms with Gasteiger partial charge >= 0.3 is 12.0 Å². The molecule has 8 heteroatoms. The highest BCUT2D eigenvalue weighted by molar-refractivity contribution is 5.90. The van der Waals surface area contributed by atoms with Crippen LogP contribution in [0.5, 0.6) is 0 Å². The Morgan fingerprint density at radius 2 is 2.07 bits per heavy atom. The van der Waals surface area contributed by atoms with E-state index in [1.807, 2.05) is 13.0 Å². The number of pyridine rings is 1. The number of anilines is 2. The number of nitrogens with one attached hydrogen (secondary N) is 1. The third kappa shape index (κ3) is 5.70. The van der Waals surface area contributed by atoms with Crippen LogP contribution in [0.2, 0.25) is 0 Å². The van der Waals surface area contributed by atoms with Crippen LogP contribution in [-0.2, 0) is 4.74 Å². The van der Waals surface area contributed by atoms with Crippen molar-refractivity contribution in [1.82, 2.24) is 15.1 Å². The minimum Gasteiger partial charge on any atom is -0.462 e. The minimum atomic E-state index is -0.318. The second-order valence-electron chi connectivity index (χ2n) is 8.14. The molecule has 0 saturated carbocycles. The van der Waals surface area contributed by atoms with Crippen molar-refractivity contribution in [3.63, 3.8) is 0 Å². The van der Waals surface area contributed by atoms with E-state index in [0.717, 1.165) is 56.5 Å². The fourth-order valence-corrected chi connectivity index (χ4v) is 3.69. The molecule has 1 fully saturated rings. The summed E-state index contributed by atoms with van der Waals surface area (Å²) in [4.78, 5) is 23.0. The van der Waals surface area contributed by atoms with E-state index < -0.39 is 0 Å². The predicted octanol–water partition coefficient (Wildman–Crippen LogP) is 4.18. The van der Waals surface area contributed by atoms with E-state index in [1.54, 1.807) is 13.0 Å². The average molecular weight is 416 g/mol. The highest BCUT2D eigenvalue weighted by Gasteiger charge is 2.23. The molecule has 0 atom stereocenters. The Hall–Kier alpha value is -2.64. The third-order valence-corrected chi connectivity index (χ3v) is 5.51. The monoisotopic (exact) mass is 415 g/mol. The fourth-order valence-electron chi connectivity index (χ4n) is 3.69. The standard InChI is InChI=1S/C22H33N5O3/c1-5-29-21(28)18-8-9-19(24-16(18)4)23-12-6-7-17-10-13-27(14-11-17)22-25-20(15(2)3)26-30-22/h8-9,15,17H,5-7,10-14H2,1-4H3,(H,23,24). The Labute approximate surface area is 178 Å². The number of hydrogen-bond acceptors (Lipinski definition) is 8. The Balaban J connectivity index is 1.37. The highest BCUT2D eigenvalue weighted by Crippen LogP contribution is 2.26. The topological polar surface area (TPSA) is 93.4 Å². The number of piperidine rings is 1. The van der Waals surface area contributed by atoms with Crippen molar-refractivity contribution in [3.8, 4) is 0 Å². The number of carbonyl (C=O) groups excluding carboxylic acids is 1. The van der Waals surface area contributed by atoms with Crippen LogP contribution in [0.1, 0.15) is 74.2 Å². The molecule has 30 heavy (non-hydrogen) atoms. The molecule has 0 unspecified atom stereocenters. The Morgan fingerprint density at radius 1 is 1.30 bits per heavy atom. The van der Waals surface area contributed by atoms with E-state index in [0.29, 0.717) is 23.9 Å². The van der Waals surface area contributed by atoms with Gasteiger partial charge < -0.3 is 19.5 Å². The molecule has 1 aliphatic rings. The van der Waals surface area contributed by atoms with E-state index in [-0.39, 0.29) is 11.9 Å². The summed E-state index contributed by atoms with van der Waals surface area (Å²) in [5, 5.41) is 7.43. The average Bonchev–Trinajstić information content (AvgIpc) is 3.22. The summed E-state index contributed by atoms with van der Waals surface area (Å²) in [5.74, 6) is 2.26. The molecule has 0 amide bonds. The summed E-state index contributed by atoms with van der Waals surface area (Å²) in [6.45, 7) is 10.9. The van der Waals surface area contributed by atoms with Crippen molar-refractivity contribution in [2.24, 2.45) is 5.92 Å². The molecule has 2 aromatic rings. The van der Waals surface area contributed by atoms with Gasteiger partial charge in [-0.1, -0.05) is 19.0 Å². The molecule has 1 saturated heterocycles. The van der Waals surface area contributed by atoms with Crippen LogP contribution in [0.4, 0.5) is 11.8 Å². The van der Waals surface area contributed by atoms with Gasteiger partial charge in [-0.15, -0.1) is 0 Å². The number of nitrogens with zero attached hydrogens (tertiary/aromatic N) is 4. The molecule has 0 bridgehead atoms. The smallest absolute Gasteiger partial charge is 0.339 e.